The number of aromatic amines is 1. The highest BCUT2D eigenvalue weighted by molar-refractivity contribution is 6.31. The molecule has 0 spiro atoms. The number of benzene rings is 1. The zero-order valence-electron chi connectivity index (χ0n) is 12.4. The molecule has 1 aliphatic rings. The largest absolute Gasteiger partial charge is 0.481 e. The monoisotopic (exact) mass is 352 g/mol. The van der Waals surface area contributed by atoms with Crippen molar-refractivity contribution in [2.45, 2.75) is 12.3 Å². The predicted octanol–water partition coefficient (Wildman–Crippen LogP) is 1.93. The van der Waals surface area contributed by atoms with E-state index < -0.39 is 11.8 Å². The van der Waals surface area contributed by atoms with Crippen molar-refractivity contribution in [1.29, 1.82) is 0 Å². The number of carboxylic acids is 1. The fourth-order valence-corrected chi connectivity index (χ4v) is 3.18. The van der Waals surface area contributed by atoms with Crippen molar-refractivity contribution in [2.75, 3.05) is 13.1 Å². The first kappa shape index (κ1) is 16.4. The van der Waals surface area contributed by atoms with Crippen LogP contribution < -0.4 is 0 Å². The Labute approximate surface area is 141 Å². The summed E-state index contributed by atoms with van der Waals surface area (Å²) in [5.41, 5.74) is 0.880. The van der Waals surface area contributed by atoms with E-state index in [1.807, 2.05) is 0 Å². The molecule has 0 bridgehead atoms. The van der Waals surface area contributed by atoms with E-state index in [4.69, 9.17) is 16.7 Å². The van der Waals surface area contributed by atoms with Crippen molar-refractivity contribution in [3.8, 4) is 0 Å². The minimum absolute atomic E-state index is 0.0779. The van der Waals surface area contributed by atoms with E-state index in [2.05, 4.69) is 15.4 Å². The van der Waals surface area contributed by atoms with Gasteiger partial charge in [-0.05, 0) is 24.1 Å². The molecule has 1 aromatic heterocycles. The average Bonchev–Trinajstić information content (AvgIpc) is 3.18. The Bertz CT molecular complexity index is 768. The molecular weight excluding hydrogens is 339 g/mol. The van der Waals surface area contributed by atoms with Crippen LogP contribution in [0.1, 0.15) is 28.4 Å². The summed E-state index contributed by atoms with van der Waals surface area (Å²) in [6, 6.07) is 3.77. The number of rotatable bonds is 4. The topological polar surface area (TPSA) is 99.2 Å². The normalized spacial score (nSPS) is 20.3. The van der Waals surface area contributed by atoms with E-state index in [1.54, 1.807) is 0 Å². The number of hydrogen-bond donors (Lipinski definition) is 2. The van der Waals surface area contributed by atoms with E-state index in [0.717, 1.165) is 6.07 Å². The van der Waals surface area contributed by atoms with Gasteiger partial charge in [-0.1, -0.05) is 11.6 Å². The van der Waals surface area contributed by atoms with Crippen LogP contribution in [0.5, 0.6) is 0 Å². The molecule has 1 saturated heterocycles. The molecule has 1 fully saturated rings. The fraction of sp³-hybridized carbons (Fsp3) is 0.333. The molecule has 3 rings (SSSR count). The third-order valence-corrected chi connectivity index (χ3v) is 4.43. The highest BCUT2D eigenvalue weighted by Crippen LogP contribution is 2.34. The molecule has 1 aliphatic heterocycles. The van der Waals surface area contributed by atoms with E-state index >= 15 is 0 Å². The number of H-pyrrole nitrogens is 1. The lowest BCUT2D eigenvalue weighted by Crippen LogP contribution is -2.29. The number of hydrogen-bond acceptors (Lipinski definition) is 4. The number of amides is 1. The first-order chi connectivity index (χ1) is 11.5. The van der Waals surface area contributed by atoms with Crippen LogP contribution in [0.4, 0.5) is 4.39 Å². The van der Waals surface area contributed by atoms with Crippen molar-refractivity contribution in [3.63, 3.8) is 0 Å². The summed E-state index contributed by atoms with van der Waals surface area (Å²) in [5.74, 6) is -2.35. The van der Waals surface area contributed by atoms with Gasteiger partial charge in [0, 0.05) is 24.6 Å². The molecule has 0 saturated carbocycles. The molecule has 0 radical (unpaired) electrons. The number of carboxylic acid groups (broad SMARTS) is 1. The third kappa shape index (κ3) is 3.23. The van der Waals surface area contributed by atoms with E-state index in [1.165, 1.54) is 23.2 Å². The van der Waals surface area contributed by atoms with E-state index in [-0.39, 0.29) is 41.3 Å². The average molecular weight is 353 g/mol. The van der Waals surface area contributed by atoms with Crippen LogP contribution >= 0.6 is 11.6 Å². The van der Waals surface area contributed by atoms with Crippen molar-refractivity contribution in [2.24, 2.45) is 5.92 Å². The molecule has 24 heavy (non-hydrogen) atoms. The Hall–Kier alpha value is -2.48. The summed E-state index contributed by atoms with van der Waals surface area (Å²) >= 11 is 5.73. The second kappa shape index (κ2) is 6.56. The first-order valence-corrected chi connectivity index (χ1v) is 7.65. The standard InChI is InChI=1S/C15H14ClFN4O3/c16-11-3-8(1-2-12(11)17)15(24)21-6-9(4-14(22)23)10(7-21)13-5-18-20-19-13/h1-3,5,9-10H,4,6-7H2,(H,22,23)(H,18,19,20)/t9-,10+/m0/s1. The van der Waals surface area contributed by atoms with Gasteiger partial charge in [-0.2, -0.15) is 15.4 Å². The van der Waals surface area contributed by atoms with Crippen LogP contribution in [0.15, 0.2) is 24.4 Å². The molecule has 1 aromatic carbocycles. The summed E-state index contributed by atoms with van der Waals surface area (Å²) in [6.45, 7) is 0.593. The summed E-state index contributed by atoms with van der Waals surface area (Å²) in [4.78, 5) is 25.2. The SMILES string of the molecule is O=C(O)C[C@H]1CN(C(=O)c2ccc(F)c(Cl)c2)C[C@H]1c1cn[nH]n1. The maximum Gasteiger partial charge on any atom is 0.303 e. The molecule has 2 heterocycles. The zero-order chi connectivity index (χ0) is 17.3. The smallest absolute Gasteiger partial charge is 0.303 e. The van der Waals surface area contributed by atoms with Crippen LogP contribution in [0.2, 0.25) is 5.02 Å². The van der Waals surface area contributed by atoms with Crippen molar-refractivity contribution < 1.29 is 19.1 Å². The number of likely N-dealkylation sites (tertiary alicyclic amines) is 1. The van der Waals surface area contributed by atoms with Crippen LogP contribution in [0, 0.1) is 11.7 Å². The summed E-state index contributed by atoms with van der Waals surface area (Å²) < 4.78 is 13.3. The molecule has 2 N–H and O–H groups in total. The first-order valence-electron chi connectivity index (χ1n) is 7.27. The number of carbonyl (C=O) groups is 2. The Balaban J connectivity index is 1.82. The summed E-state index contributed by atoms with van der Waals surface area (Å²) in [6.07, 6.45) is 1.45. The fourth-order valence-electron chi connectivity index (χ4n) is 3.00. The predicted molar refractivity (Wildman–Crippen MR) is 82.2 cm³/mol. The van der Waals surface area contributed by atoms with Gasteiger partial charge < -0.3 is 10.0 Å². The molecule has 2 atom stereocenters. The van der Waals surface area contributed by atoms with Crippen LogP contribution in [0.3, 0.4) is 0 Å². The maximum absolute atomic E-state index is 13.3. The Morgan fingerprint density at radius 3 is 2.83 bits per heavy atom. The number of carbonyl (C=O) groups excluding carboxylic acids is 1. The lowest BCUT2D eigenvalue weighted by molar-refractivity contribution is -0.138. The Morgan fingerprint density at radius 1 is 1.42 bits per heavy atom. The minimum Gasteiger partial charge on any atom is -0.481 e. The molecule has 126 valence electrons. The second-order valence-electron chi connectivity index (χ2n) is 5.70. The zero-order valence-corrected chi connectivity index (χ0v) is 13.2. The molecule has 0 aliphatic carbocycles. The number of aliphatic carboxylic acids is 1. The minimum atomic E-state index is -0.937. The van der Waals surface area contributed by atoms with Crippen molar-refractivity contribution in [1.82, 2.24) is 20.3 Å². The third-order valence-electron chi connectivity index (χ3n) is 4.15. The van der Waals surface area contributed by atoms with Crippen molar-refractivity contribution in [3.05, 3.63) is 46.5 Å². The number of aromatic nitrogens is 3. The Kier molecular flexibility index (Phi) is 4.48. The van der Waals surface area contributed by atoms with Gasteiger partial charge in [0.15, 0.2) is 0 Å². The molecule has 0 unspecified atom stereocenters. The summed E-state index contributed by atoms with van der Waals surface area (Å²) in [5, 5.41) is 19.2. The van der Waals surface area contributed by atoms with Gasteiger partial charge in [0.05, 0.1) is 23.3 Å². The molecule has 2 aromatic rings. The van der Waals surface area contributed by atoms with Crippen LogP contribution in [-0.4, -0.2) is 50.4 Å². The molecule has 7 nitrogen and oxygen atoms in total. The van der Waals surface area contributed by atoms with Gasteiger partial charge in [0.2, 0.25) is 0 Å². The molecule has 1 amide bonds. The van der Waals surface area contributed by atoms with Gasteiger partial charge in [0.25, 0.3) is 5.91 Å². The number of halogens is 2. The quantitative estimate of drug-likeness (QED) is 0.875. The van der Waals surface area contributed by atoms with Gasteiger partial charge in [-0.3, -0.25) is 9.59 Å². The highest BCUT2D eigenvalue weighted by atomic mass is 35.5. The highest BCUT2D eigenvalue weighted by Gasteiger charge is 2.38. The second-order valence-corrected chi connectivity index (χ2v) is 6.11. The van der Waals surface area contributed by atoms with E-state index in [0.29, 0.717) is 12.2 Å². The van der Waals surface area contributed by atoms with Gasteiger partial charge in [0.1, 0.15) is 5.82 Å². The lowest BCUT2D eigenvalue weighted by Gasteiger charge is -2.16. The van der Waals surface area contributed by atoms with Gasteiger partial charge in [-0.25, -0.2) is 4.39 Å². The molecule has 9 heteroatoms. The van der Waals surface area contributed by atoms with Crippen LogP contribution in [-0.2, 0) is 4.79 Å². The lowest BCUT2D eigenvalue weighted by atomic mass is 9.91. The number of nitrogens with one attached hydrogen (secondary N) is 1. The van der Waals surface area contributed by atoms with Crippen molar-refractivity contribution >= 4 is 23.5 Å². The molecular formula is C15H14ClFN4O3. The Morgan fingerprint density at radius 2 is 2.21 bits per heavy atom. The van der Waals surface area contributed by atoms with Gasteiger partial charge in [-0.15, -0.1) is 0 Å². The number of nitrogens with zero attached hydrogens (tertiary/aromatic N) is 3. The summed E-state index contributed by atoms with van der Waals surface area (Å²) in [7, 11) is 0. The van der Waals surface area contributed by atoms with Crippen LogP contribution in [0.25, 0.3) is 0 Å². The van der Waals surface area contributed by atoms with E-state index in [9.17, 15) is 14.0 Å². The van der Waals surface area contributed by atoms with Gasteiger partial charge >= 0.3 is 5.97 Å². The maximum atomic E-state index is 13.3.